The molecule has 1 N–H and O–H groups in total. The largest absolute Gasteiger partial charge is 0.240 e. The molecule has 0 amide bonds. The maximum atomic E-state index is 12.4. The summed E-state index contributed by atoms with van der Waals surface area (Å²) in [6, 6.07) is 7.11. The summed E-state index contributed by atoms with van der Waals surface area (Å²) in [7, 11) is -3.40. The topological polar surface area (TPSA) is 46.2 Å². The van der Waals surface area contributed by atoms with Gasteiger partial charge in [0.15, 0.2) is 0 Å². The van der Waals surface area contributed by atoms with Crippen molar-refractivity contribution in [3.05, 3.63) is 29.8 Å². The summed E-state index contributed by atoms with van der Waals surface area (Å²) in [5.41, 5.74) is 1.07. The van der Waals surface area contributed by atoms with Crippen LogP contribution in [0.25, 0.3) is 0 Å². The van der Waals surface area contributed by atoms with Crippen LogP contribution in [0.2, 0.25) is 0 Å². The third-order valence-corrected chi connectivity index (χ3v) is 6.60. The molecule has 20 heavy (non-hydrogen) atoms. The van der Waals surface area contributed by atoms with E-state index in [4.69, 9.17) is 0 Å². The molecule has 0 aliphatic heterocycles. The zero-order valence-corrected chi connectivity index (χ0v) is 14.4. The summed E-state index contributed by atoms with van der Waals surface area (Å²) in [6.07, 6.45) is 3.19. The smallest absolute Gasteiger partial charge is 0.208 e. The second-order valence-electron chi connectivity index (χ2n) is 5.61. The van der Waals surface area contributed by atoms with E-state index in [1.165, 1.54) is 0 Å². The highest BCUT2D eigenvalue weighted by Gasteiger charge is 2.34. The van der Waals surface area contributed by atoms with Crippen LogP contribution >= 0.6 is 15.9 Å². The zero-order valence-electron chi connectivity index (χ0n) is 12.0. The number of hydrogen-bond donors (Lipinski definition) is 1. The fourth-order valence-corrected chi connectivity index (χ4v) is 4.75. The standard InChI is InChI=1S/C15H22BrNO2S/c1-3-13-6-9-15(11(13)2)17-20(18,19)14-7-4-12(10-16)5-8-14/h4-5,7-8,11,13,15,17H,3,6,9-10H2,1-2H3. The van der Waals surface area contributed by atoms with Gasteiger partial charge in [-0.05, 0) is 42.4 Å². The molecule has 2 rings (SSSR count). The Kier molecular flexibility index (Phi) is 5.26. The Bertz CT molecular complexity index is 541. The molecule has 1 aliphatic rings. The third kappa shape index (κ3) is 3.43. The van der Waals surface area contributed by atoms with Gasteiger partial charge < -0.3 is 0 Å². The number of benzene rings is 1. The van der Waals surface area contributed by atoms with Crippen molar-refractivity contribution >= 4 is 26.0 Å². The first-order valence-electron chi connectivity index (χ1n) is 7.15. The van der Waals surface area contributed by atoms with Gasteiger partial charge in [0.05, 0.1) is 4.90 Å². The summed E-state index contributed by atoms with van der Waals surface area (Å²) < 4.78 is 27.7. The van der Waals surface area contributed by atoms with Crippen LogP contribution in [0, 0.1) is 11.8 Å². The Labute approximate surface area is 130 Å². The van der Waals surface area contributed by atoms with E-state index in [-0.39, 0.29) is 6.04 Å². The van der Waals surface area contributed by atoms with E-state index in [0.717, 1.165) is 30.2 Å². The Hall–Kier alpha value is -0.390. The molecule has 0 heterocycles. The molecule has 112 valence electrons. The summed E-state index contributed by atoms with van der Waals surface area (Å²) in [5.74, 6) is 1.05. The number of sulfonamides is 1. The summed E-state index contributed by atoms with van der Waals surface area (Å²) >= 11 is 3.36. The molecule has 3 unspecified atom stereocenters. The average molecular weight is 360 g/mol. The Morgan fingerprint density at radius 1 is 1.25 bits per heavy atom. The van der Waals surface area contributed by atoms with Gasteiger partial charge in [-0.2, -0.15) is 0 Å². The minimum absolute atomic E-state index is 0.0702. The van der Waals surface area contributed by atoms with Crippen molar-refractivity contribution in [3.63, 3.8) is 0 Å². The van der Waals surface area contributed by atoms with Crippen molar-refractivity contribution in [2.45, 2.75) is 49.4 Å². The lowest BCUT2D eigenvalue weighted by Gasteiger charge is -2.21. The van der Waals surface area contributed by atoms with E-state index in [1.807, 2.05) is 12.1 Å². The fraction of sp³-hybridized carbons (Fsp3) is 0.600. The van der Waals surface area contributed by atoms with Gasteiger partial charge in [-0.15, -0.1) is 0 Å². The van der Waals surface area contributed by atoms with E-state index in [9.17, 15) is 8.42 Å². The zero-order chi connectivity index (χ0) is 14.8. The SMILES string of the molecule is CCC1CCC(NS(=O)(=O)c2ccc(CBr)cc2)C1C. The van der Waals surface area contributed by atoms with Crippen molar-refractivity contribution in [1.82, 2.24) is 4.72 Å². The van der Waals surface area contributed by atoms with Gasteiger partial charge in [0.1, 0.15) is 0 Å². The van der Waals surface area contributed by atoms with Crippen molar-refractivity contribution in [2.24, 2.45) is 11.8 Å². The second kappa shape index (κ2) is 6.58. The van der Waals surface area contributed by atoms with E-state index in [2.05, 4.69) is 34.5 Å². The molecular formula is C15H22BrNO2S. The van der Waals surface area contributed by atoms with Gasteiger partial charge in [0.25, 0.3) is 0 Å². The Morgan fingerprint density at radius 2 is 1.90 bits per heavy atom. The van der Waals surface area contributed by atoms with E-state index < -0.39 is 10.0 Å². The summed E-state index contributed by atoms with van der Waals surface area (Å²) in [6.45, 7) is 4.33. The number of nitrogens with one attached hydrogen (secondary N) is 1. The van der Waals surface area contributed by atoms with Crippen molar-refractivity contribution in [3.8, 4) is 0 Å². The van der Waals surface area contributed by atoms with Crippen LogP contribution in [0.5, 0.6) is 0 Å². The minimum Gasteiger partial charge on any atom is -0.208 e. The van der Waals surface area contributed by atoms with Crippen LogP contribution in [0.3, 0.4) is 0 Å². The van der Waals surface area contributed by atoms with Gasteiger partial charge in [-0.3, -0.25) is 0 Å². The molecule has 0 radical (unpaired) electrons. The molecule has 0 spiro atoms. The molecular weight excluding hydrogens is 338 g/mol. The molecule has 0 saturated heterocycles. The van der Waals surface area contributed by atoms with Crippen molar-refractivity contribution in [2.75, 3.05) is 0 Å². The number of hydrogen-bond acceptors (Lipinski definition) is 2. The second-order valence-corrected chi connectivity index (χ2v) is 7.88. The molecule has 3 atom stereocenters. The van der Waals surface area contributed by atoms with Crippen LogP contribution in [0.1, 0.15) is 38.7 Å². The van der Waals surface area contributed by atoms with Crippen molar-refractivity contribution < 1.29 is 8.42 Å². The Balaban J connectivity index is 2.11. The number of halogens is 1. The highest BCUT2D eigenvalue weighted by molar-refractivity contribution is 9.08. The summed E-state index contributed by atoms with van der Waals surface area (Å²) in [4.78, 5) is 0.356. The van der Waals surface area contributed by atoms with Gasteiger partial charge in [-0.1, -0.05) is 48.3 Å². The first-order valence-corrected chi connectivity index (χ1v) is 9.75. The predicted octanol–water partition coefficient (Wildman–Crippen LogP) is 3.68. The lowest BCUT2D eigenvalue weighted by molar-refractivity contribution is 0.368. The lowest BCUT2D eigenvalue weighted by Crippen LogP contribution is -2.37. The molecule has 3 nitrogen and oxygen atoms in total. The maximum absolute atomic E-state index is 12.4. The monoisotopic (exact) mass is 359 g/mol. The van der Waals surface area contributed by atoms with Gasteiger partial charge in [0, 0.05) is 11.4 Å². The quantitative estimate of drug-likeness (QED) is 0.814. The highest BCUT2D eigenvalue weighted by atomic mass is 79.9. The molecule has 1 fully saturated rings. The van der Waals surface area contributed by atoms with Crippen LogP contribution < -0.4 is 4.72 Å². The van der Waals surface area contributed by atoms with Gasteiger partial charge >= 0.3 is 0 Å². The highest BCUT2D eigenvalue weighted by Crippen LogP contribution is 2.34. The van der Waals surface area contributed by atoms with Gasteiger partial charge in [0.2, 0.25) is 10.0 Å². The molecule has 1 aliphatic carbocycles. The van der Waals surface area contributed by atoms with Gasteiger partial charge in [-0.25, -0.2) is 13.1 Å². The van der Waals surface area contributed by atoms with Crippen LogP contribution in [-0.2, 0) is 15.4 Å². The first kappa shape index (κ1) is 16.0. The normalized spacial score (nSPS) is 26.9. The first-order chi connectivity index (χ1) is 9.47. The fourth-order valence-electron chi connectivity index (χ4n) is 3.02. The van der Waals surface area contributed by atoms with E-state index in [1.54, 1.807) is 12.1 Å². The van der Waals surface area contributed by atoms with E-state index >= 15 is 0 Å². The lowest BCUT2D eigenvalue weighted by atomic mass is 9.94. The molecule has 1 saturated carbocycles. The molecule has 0 bridgehead atoms. The number of rotatable bonds is 5. The van der Waals surface area contributed by atoms with Crippen LogP contribution in [0.15, 0.2) is 29.2 Å². The number of alkyl halides is 1. The van der Waals surface area contributed by atoms with Crippen molar-refractivity contribution in [1.29, 1.82) is 0 Å². The Morgan fingerprint density at radius 3 is 2.40 bits per heavy atom. The molecule has 5 heteroatoms. The maximum Gasteiger partial charge on any atom is 0.240 e. The molecule has 0 aromatic heterocycles. The molecule has 1 aromatic carbocycles. The van der Waals surface area contributed by atoms with Crippen LogP contribution in [0.4, 0.5) is 0 Å². The third-order valence-electron chi connectivity index (χ3n) is 4.45. The van der Waals surface area contributed by atoms with E-state index in [0.29, 0.717) is 16.7 Å². The van der Waals surface area contributed by atoms with Crippen LogP contribution in [-0.4, -0.2) is 14.5 Å². The minimum atomic E-state index is -3.40. The predicted molar refractivity (Wildman–Crippen MR) is 85.4 cm³/mol. The average Bonchev–Trinajstić information content (AvgIpc) is 2.79. The summed E-state index contributed by atoms with van der Waals surface area (Å²) in [5, 5.41) is 0.735. The molecule has 1 aromatic rings.